The highest BCUT2D eigenvalue weighted by molar-refractivity contribution is 7.90. The van der Waals surface area contributed by atoms with Crippen molar-refractivity contribution in [2.75, 3.05) is 18.3 Å². The summed E-state index contributed by atoms with van der Waals surface area (Å²) in [5, 5.41) is 2.34. The smallest absolute Gasteiger partial charge is 0.273 e. The molecule has 144 valence electrons. The summed E-state index contributed by atoms with van der Waals surface area (Å²) in [6, 6.07) is 8.80. The van der Waals surface area contributed by atoms with Crippen molar-refractivity contribution >= 4 is 21.2 Å². The van der Waals surface area contributed by atoms with Crippen molar-refractivity contribution in [1.29, 1.82) is 0 Å². The Bertz CT molecular complexity index is 968. The third-order valence-corrected chi connectivity index (χ3v) is 5.38. The predicted octanol–water partition coefficient (Wildman–Crippen LogP) is 3.87. The standard InChI is InChI=1S/C18H16F4N2O2S/c1-23-17(18(20,21)22)11-16(12-3-5-13(19)6-4-12)24(23)14-7-9-15(10-8-14)27(2,25)26/h3-11,17H,1-2H3. The van der Waals surface area contributed by atoms with Gasteiger partial charge in [0.2, 0.25) is 0 Å². The zero-order chi connectivity index (χ0) is 20.0. The van der Waals surface area contributed by atoms with Crippen molar-refractivity contribution in [2.45, 2.75) is 17.1 Å². The molecule has 0 aliphatic carbocycles. The summed E-state index contributed by atoms with van der Waals surface area (Å²) in [7, 11) is -2.14. The van der Waals surface area contributed by atoms with E-state index < -0.39 is 27.9 Å². The molecule has 2 aromatic carbocycles. The van der Waals surface area contributed by atoms with Crippen LogP contribution in [0.25, 0.3) is 5.70 Å². The van der Waals surface area contributed by atoms with E-state index in [1.54, 1.807) is 0 Å². The molecule has 0 fully saturated rings. The number of likely N-dealkylation sites (N-methyl/N-ethyl adjacent to an activating group) is 1. The minimum Gasteiger partial charge on any atom is -0.273 e. The topological polar surface area (TPSA) is 40.6 Å². The van der Waals surface area contributed by atoms with Gasteiger partial charge in [0, 0.05) is 13.3 Å². The van der Waals surface area contributed by atoms with Gasteiger partial charge < -0.3 is 0 Å². The lowest BCUT2D eigenvalue weighted by Gasteiger charge is -2.33. The molecule has 1 heterocycles. The summed E-state index contributed by atoms with van der Waals surface area (Å²) in [6.07, 6.45) is -2.41. The fraction of sp³-hybridized carbons (Fsp3) is 0.222. The van der Waals surface area contributed by atoms with Gasteiger partial charge in [-0.2, -0.15) is 13.2 Å². The van der Waals surface area contributed by atoms with Crippen LogP contribution in [0, 0.1) is 5.82 Å². The first kappa shape index (κ1) is 19.4. The molecule has 27 heavy (non-hydrogen) atoms. The van der Waals surface area contributed by atoms with E-state index in [4.69, 9.17) is 0 Å². The number of rotatable bonds is 3. The molecule has 0 aromatic heterocycles. The highest BCUT2D eigenvalue weighted by Gasteiger charge is 2.47. The van der Waals surface area contributed by atoms with Crippen LogP contribution in [0.2, 0.25) is 0 Å². The second-order valence-electron chi connectivity index (χ2n) is 6.20. The van der Waals surface area contributed by atoms with E-state index in [1.165, 1.54) is 60.6 Å². The van der Waals surface area contributed by atoms with Crippen LogP contribution in [0.1, 0.15) is 5.56 Å². The summed E-state index contributed by atoms with van der Waals surface area (Å²) >= 11 is 0. The highest BCUT2D eigenvalue weighted by atomic mass is 32.2. The van der Waals surface area contributed by atoms with Gasteiger partial charge in [-0.15, -0.1) is 0 Å². The summed E-state index contributed by atoms with van der Waals surface area (Å²) in [4.78, 5) is 0.0628. The van der Waals surface area contributed by atoms with Gasteiger partial charge in [0.15, 0.2) is 9.84 Å². The van der Waals surface area contributed by atoms with E-state index in [0.717, 1.165) is 17.3 Å². The van der Waals surface area contributed by atoms with Crippen LogP contribution in [-0.4, -0.2) is 38.9 Å². The maximum atomic E-state index is 13.4. The van der Waals surface area contributed by atoms with Gasteiger partial charge in [0.25, 0.3) is 0 Å². The van der Waals surface area contributed by atoms with E-state index in [-0.39, 0.29) is 10.6 Å². The van der Waals surface area contributed by atoms with Crippen molar-refractivity contribution in [3.8, 4) is 0 Å². The molecule has 0 spiro atoms. The van der Waals surface area contributed by atoms with Gasteiger partial charge in [0.05, 0.1) is 16.3 Å². The second-order valence-corrected chi connectivity index (χ2v) is 8.21. The van der Waals surface area contributed by atoms with E-state index in [9.17, 15) is 26.0 Å². The van der Waals surface area contributed by atoms with Crippen molar-refractivity contribution in [2.24, 2.45) is 0 Å². The maximum Gasteiger partial charge on any atom is 0.409 e. The van der Waals surface area contributed by atoms with Crippen molar-refractivity contribution in [3.63, 3.8) is 0 Å². The van der Waals surface area contributed by atoms with Crippen LogP contribution in [0.3, 0.4) is 0 Å². The van der Waals surface area contributed by atoms with Crippen molar-refractivity contribution in [3.05, 3.63) is 66.0 Å². The average Bonchev–Trinajstić information content (AvgIpc) is 2.92. The highest BCUT2D eigenvalue weighted by Crippen LogP contribution is 2.40. The van der Waals surface area contributed by atoms with Crippen molar-refractivity contribution < 1.29 is 26.0 Å². The zero-order valence-corrected chi connectivity index (χ0v) is 15.2. The van der Waals surface area contributed by atoms with Gasteiger partial charge in [-0.3, -0.25) is 5.01 Å². The summed E-state index contributed by atoms with van der Waals surface area (Å²) in [6.45, 7) is 0. The molecule has 0 radical (unpaired) electrons. The molecule has 1 unspecified atom stereocenters. The summed E-state index contributed by atoms with van der Waals surface area (Å²) in [5.74, 6) is -0.498. The summed E-state index contributed by atoms with van der Waals surface area (Å²) < 4.78 is 76.7. The Labute approximate surface area is 154 Å². The Morgan fingerprint density at radius 2 is 1.52 bits per heavy atom. The first-order valence-corrected chi connectivity index (χ1v) is 9.75. The molecule has 1 atom stereocenters. The fourth-order valence-electron chi connectivity index (χ4n) is 2.92. The van der Waals surface area contributed by atoms with E-state index in [2.05, 4.69) is 0 Å². The van der Waals surface area contributed by atoms with Crippen molar-refractivity contribution in [1.82, 2.24) is 5.01 Å². The van der Waals surface area contributed by atoms with E-state index in [0.29, 0.717) is 11.3 Å². The molecular weight excluding hydrogens is 384 g/mol. The molecule has 3 rings (SSSR count). The number of benzene rings is 2. The lowest BCUT2D eigenvalue weighted by Crippen LogP contribution is -2.46. The number of nitrogens with zero attached hydrogens (tertiary/aromatic N) is 2. The number of anilines is 1. The van der Waals surface area contributed by atoms with Crippen LogP contribution >= 0.6 is 0 Å². The Hall–Kier alpha value is -2.39. The number of alkyl halides is 3. The quantitative estimate of drug-likeness (QED) is 0.734. The first-order chi connectivity index (χ1) is 12.5. The second kappa shape index (κ2) is 6.65. The molecule has 1 aliphatic rings. The Morgan fingerprint density at radius 1 is 0.963 bits per heavy atom. The number of halogens is 4. The van der Waals surface area contributed by atoms with Crippen LogP contribution in [0.4, 0.5) is 23.2 Å². The molecule has 0 N–H and O–H groups in total. The Morgan fingerprint density at radius 3 is 2.00 bits per heavy atom. The minimum absolute atomic E-state index is 0.0628. The Balaban J connectivity index is 2.08. The average molecular weight is 400 g/mol. The third-order valence-electron chi connectivity index (χ3n) is 4.25. The third kappa shape index (κ3) is 3.84. The van der Waals surface area contributed by atoms with Gasteiger partial charge in [-0.1, -0.05) is 0 Å². The van der Waals surface area contributed by atoms with E-state index >= 15 is 0 Å². The first-order valence-electron chi connectivity index (χ1n) is 7.86. The molecule has 0 saturated carbocycles. The molecular formula is C18H16F4N2O2S. The van der Waals surface area contributed by atoms with Crippen LogP contribution in [0.5, 0.6) is 0 Å². The van der Waals surface area contributed by atoms with Gasteiger partial charge in [-0.05, 0) is 60.2 Å². The molecule has 0 bridgehead atoms. The normalized spacial score (nSPS) is 18.7. The predicted molar refractivity (Wildman–Crippen MR) is 94.0 cm³/mol. The number of hydrogen-bond acceptors (Lipinski definition) is 4. The molecule has 0 saturated heterocycles. The molecule has 1 aliphatic heterocycles. The molecule has 2 aromatic rings. The minimum atomic E-state index is -4.51. The molecule has 0 amide bonds. The SMILES string of the molecule is CN1C(C(F)(F)F)C=C(c2ccc(F)cc2)N1c1ccc(S(C)(=O)=O)cc1. The maximum absolute atomic E-state index is 13.4. The number of hydrogen-bond donors (Lipinski definition) is 0. The zero-order valence-electron chi connectivity index (χ0n) is 14.4. The van der Waals surface area contributed by atoms with E-state index in [1.807, 2.05) is 0 Å². The Kier molecular flexibility index (Phi) is 4.77. The monoisotopic (exact) mass is 400 g/mol. The number of sulfone groups is 1. The summed E-state index contributed by atoms with van der Waals surface area (Å²) in [5.41, 5.74) is 0.987. The molecule has 9 heteroatoms. The van der Waals surface area contributed by atoms with Crippen LogP contribution < -0.4 is 5.01 Å². The largest absolute Gasteiger partial charge is 0.409 e. The lowest BCUT2D eigenvalue weighted by atomic mass is 10.1. The van der Waals surface area contributed by atoms with Gasteiger partial charge in [-0.25, -0.2) is 17.8 Å². The lowest BCUT2D eigenvalue weighted by molar-refractivity contribution is -0.164. The van der Waals surface area contributed by atoms with Gasteiger partial charge in [0.1, 0.15) is 11.9 Å². The van der Waals surface area contributed by atoms with Gasteiger partial charge >= 0.3 is 6.18 Å². The van der Waals surface area contributed by atoms with Crippen LogP contribution in [-0.2, 0) is 9.84 Å². The number of hydrazine groups is 1. The molecule has 4 nitrogen and oxygen atoms in total. The van der Waals surface area contributed by atoms with Crippen LogP contribution in [0.15, 0.2) is 59.5 Å². The fourth-order valence-corrected chi connectivity index (χ4v) is 3.55.